The van der Waals surface area contributed by atoms with Gasteiger partial charge in [0, 0.05) is 12.1 Å². The highest BCUT2D eigenvalue weighted by molar-refractivity contribution is 6.07. The number of hydrogen-bond donors (Lipinski definition) is 3. The number of aliphatic carboxylic acids is 1. The number of aryl methyl sites for hydroxylation is 1. The topological polar surface area (TPSA) is 95.1 Å². The van der Waals surface area contributed by atoms with Crippen LogP contribution in [0.15, 0.2) is 12.1 Å². The quantitative estimate of drug-likeness (QED) is 0.794. The molecule has 0 spiro atoms. The SMILES string of the molecule is CC1(C)C(=O)Nc2cc3nc(CCC(=O)O)[nH]c3cc21. The summed E-state index contributed by atoms with van der Waals surface area (Å²) in [5.74, 6) is -0.220. The largest absolute Gasteiger partial charge is 0.481 e. The molecule has 1 amide bonds. The third-order valence-corrected chi connectivity index (χ3v) is 3.74. The van der Waals surface area contributed by atoms with E-state index in [1.54, 1.807) is 0 Å². The second-order valence-corrected chi connectivity index (χ2v) is 5.57. The number of carboxylic acid groups (broad SMARTS) is 1. The summed E-state index contributed by atoms with van der Waals surface area (Å²) in [5, 5.41) is 11.5. The first-order chi connectivity index (χ1) is 9.38. The van der Waals surface area contributed by atoms with Crippen LogP contribution in [0.2, 0.25) is 0 Å². The van der Waals surface area contributed by atoms with Crippen LogP contribution in [0.3, 0.4) is 0 Å². The Bertz CT molecular complexity index is 731. The smallest absolute Gasteiger partial charge is 0.303 e. The average Bonchev–Trinajstić information content (AvgIpc) is 2.85. The van der Waals surface area contributed by atoms with Gasteiger partial charge in [-0.25, -0.2) is 4.98 Å². The van der Waals surface area contributed by atoms with E-state index in [-0.39, 0.29) is 12.3 Å². The molecule has 0 saturated carbocycles. The van der Waals surface area contributed by atoms with Crippen molar-refractivity contribution in [1.82, 2.24) is 9.97 Å². The van der Waals surface area contributed by atoms with Gasteiger partial charge in [-0.1, -0.05) is 0 Å². The minimum Gasteiger partial charge on any atom is -0.481 e. The number of carboxylic acids is 1. The van der Waals surface area contributed by atoms with Crippen LogP contribution < -0.4 is 5.32 Å². The number of aromatic amines is 1. The van der Waals surface area contributed by atoms with Gasteiger partial charge >= 0.3 is 5.97 Å². The van der Waals surface area contributed by atoms with Gasteiger partial charge in [-0.2, -0.15) is 0 Å². The fourth-order valence-electron chi connectivity index (χ4n) is 2.47. The summed E-state index contributed by atoms with van der Waals surface area (Å²) in [4.78, 5) is 30.0. The first-order valence-electron chi connectivity index (χ1n) is 6.44. The van der Waals surface area contributed by atoms with Crippen LogP contribution >= 0.6 is 0 Å². The van der Waals surface area contributed by atoms with Crippen molar-refractivity contribution in [2.24, 2.45) is 0 Å². The fraction of sp³-hybridized carbons (Fsp3) is 0.357. The lowest BCUT2D eigenvalue weighted by Gasteiger charge is -2.14. The van der Waals surface area contributed by atoms with Gasteiger partial charge in [0.25, 0.3) is 0 Å². The maximum absolute atomic E-state index is 11.9. The van der Waals surface area contributed by atoms with E-state index in [1.807, 2.05) is 26.0 Å². The number of benzene rings is 1. The maximum Gasteiger partial charge on any atom is 0.303 e. The Balaban J connectivity index is 2.02. The van der Waals surface area contributed by atoms with Gasteiger partial charge in [-0.3, -0.25) is 9.59 Å². The van der Waals surface area contributed by atoms with Crippen molar-refractivity contribution in [2.75, 3.05) is 5.32 Å². The van der Waals surface area contributed by atoms with Crippen LogP contribution in [-0.4, -0.2) is 27.0 Å². The molecule has 0 aliphatic carbocycles. The van der Waals surface area contributed by atoms with Crippen molar-refractivity contribution >= 4 is 28.6 Å². The number of rotatable bonds is 3. The first-order valence-corrected chi connectivity index (χ1v) is 6.44. The van der Waals surface area contributed by atoms with Crippen LogP contribution in [-0.2, 0) is 21.4 Å². The predicted octanol–water partition coefficient (Wildman–Crippen LogP) is 1.81. The van der Waals surface area contributed by atoms with E-state index >= 15 is 0 Å². The van der Waals surface area contributed by atoms with E-state index in [2.05, 4.69) is 15.3 Å². The highest BCUT2D eigenvalue weighted by atomic mass is 16.4. The molecule has 0 bridgehead atoms. The standard InChI is InChI=1S/C14H15N3O3/c1-14(2)7-5-9-10(6-8(7)17-13(14)20)16-11(15-9)3-4-12(18)19/h5-6H,3-4H2,1-2H3,(H,15,16)(H,17,20)(H,18,19). The fourth-order valence-corrected chi connectivity index (χ4v) is 2.47. The van der Waals surface area contributed by atoms with Crippen molar-refractivity contribution in [3.05, 3.63) is 23.5 Å². The summed E-state index contributed by atoms with van der Waals surface area (Å²) < 4.78 is 0. The number of carbonyl (C=O) groups excluding carboxylic acids is 1. The molecule has 6 nitrogen and oxygen atoms in total. The molecule has 0 saturated heterocycles. The lowest BCUT2D eigenvalue weighted by molar-refractivity contribution is -0.137. The number of nitrogens with zero attached hydrogens (tertiary/aromatic N) is 1. The van der Waals surface area contributed by atoms with Crippen LogP contribution in [0, 0.1) is 0 Å². The Morgan fingerprint density at radius 3 is 2.85 bits per heavy atom. The predicted molar refractivity (Wildman–Crippen MR) is 73.7 cm³/mol. The minimum atomic E-state index is -0.846. The van der Waals surface area contributed by atoms with Crippen molar-refractivity contribution in [3.63, 3.8) is 0 Å². The van der Waals surface area contributed by atoms with E-state index in [9.17, 15) is 9.59 Å². The van der Waals surface area contributed by atoms with Gasteiger partial charge < -0.3 is 15.4 Å². The molecule has 2 aromatic rings. The number of nitrogens with one attached hydrogen (secondary N) is 2. The number of carbonyl (C=O) groups is 2. The maximum atomic E-state index is 11.9. The lowest BCUT2D eigenvalue weighted by atomic mass is 9.86. The molecule has 104 valence electrons. The molecule has 0 fully saturated rings. The third kappa shape index (κ3) is 1.84. The van der Waals surface area contributed by atoms with E-state index in [1.165, 1.54) is 0 Å². The number of imidazole rings is 1. The summed E-state index contributed by atoms with van der Waals surface area (Å²) in [6.07, 6.45) is 0.409. The summed E-state index contributed by atoms with van der Waals surface area (Å²) in [6.45, 7) is 3.75. The van der Waals surface area contributed by atoms with E-state index in [0.29, 0.717) is 12.2 Å². The number of fused-ring (bicyclic) bond motifs is 2. The van der Waals surface area contributed by atoms with E-state index in [0.717, 1.165) is 22.3 Å². The molecule has 1 aliphatic heterocycles. The van der Waals surface area contributed by atoms with Crippen LogP contribution in [0.1, 0.15) is 31.7 Å². The summed E-state index contributed by atoms with van der Waals surface area (Å²) in [6, 6.07) is 3.75. The Hall–Kier alpha value is -2.37. The zero-order valence-electron chi connectivity index (χ0n) is 11.3. The molecule has 0 unspecified atom stereocenters. The molecule has 0 radical (unpaired) electrons. The van der Waals surface area contributed by atoms with Gasteiger partial charge in [-0.15, -0.1) is 0 Å². The molecule has 2 heterocycles. The molecule has 3 N–H and O–H groups in total. The Kier molecular flexibility index (Phi) is 2.57. The number of H-pyrrole nitrogens is 1. The number of hydrogen-bond acceptors (Lipinski definition) is 3. The van der Waals surface area contributed by atoms with Gasteiger partial charge in [0.05, 0.1) is 22.9 Å². The Labute approximate surface area is 115 Å². The summed E-state index contributed by atoms with van der Waals surface area (Å²) in [5.41, 5.74) is 2.72. The molecule has 6 heteroatoms. The Morgan fingerprint density at radius 2 is 2.15 bits per heavy atom. The highest BCUT2D eigenvalue weighted by Gasteiger charge is 2.38. The zero-order valence-corrected chi connectivity index (χ0v) is 11.3. The average molecular weight is 273 g/mol. The number of anilines is 1. The second kappa shape index (κ2) is 4.06. The second-order valence-electron chi connectivity index (χ2n) is 5.57. The molecule has 1 aromatic heterocycles. The zero-order chi connectivity index (χ0) is 14.5. The molecule has 1 aliphatic rings. The summed E-state index contributed by atoms with van der Waals surface area (Å²) in [7, 11) is 0. The first kappa shape index (κ1) is 12.7. The Morgan fingerprint density at radius 1 is 1.40 bits per heavy atom. The molecule has 1 aromatic carbocycles. The van der Waals surface area contributed by atoms with Gasteiger partial charge in [0.2, 0.25) is 5.91 Å². The van der Waals surface area contributed by atoms with Gasteiger partial charge in [0.1, 0.15) is 5.82 Å². The number of aromatic nitrogens is 2. The highest BCUT2D eigenvalue weighted by Crippen LogP contribution is 2.39. The minimum absolute atomic E-state index is 0.0220. The van der Waals surface area contributed by atoms with Crippen molar-refractivity contribution < 1.29 is 14.7 Å². The third-order valence-electron chi connectivity index (χ3n) is 3.74. The molecule has 3 rings (SSSR count). The van der Waals surface area contributed by atoms with Gasteiger partial charge in [-0.05, 0) is 31.5 Å². The monoisotopic (exact) mass is 273 g/mol. The van der Waals surface area contributed by atoms with Crippen LogP contribution in [0.4, 0.5) is 5.69 Å². The van der Waals surface area contributed by atoms with Crippen LogP contribution in [0.25, 0.3) is 11.0 Å². The van der Waals surface area contributed by atoms with E-state index in [4.69, 9.17) is 5.11 Å². The molecular weight excluding hydrogens is 258 g/mol. The lowest BCUT2D eigenvalue weighted by Crippen LogP contribution is -2.26. The number of amides is 1. The van der Waals surface area contributed by atoms with E-state index < -0.39 is 11.4 Å². The molecule has 0 atom stereocenters. The van der Waals surface area contributed by atoms with Crippen molar-refractivity contribution in [3.8, 4) is 0 Å². The van der Waals surface area contributed by atoms with Gasteiger partial charge in [0.15, 0.2) is 0 Å². The normalized spacial score (nSPS) is 16.2. The van der Waals surface area contributed by atoms with Crippen molar-refractivity contribution in [2.45, 2.75) is 32.1 Å². The molecule has 20 heavy (non-hydrogen) atoms. The van der Waals surface area contributed by atoms with Crippen molar-refractivity contribution in [1.29, 1.82) is 0 Å². The van der Waals surface area contributed by atoms with Crippen LogP contribution in [0.5, 0.6) is 0 Å². The molecular formula is C14H15N3O3. The summed E-state index contributed by atoms with van der Waals surface area (Å²) >= 11 is 0.